The van der Waals surface area contributed by atoms with Gasteiger partial charge in [-0.15, -0.1) is 11.3 Å². The molecule has 0 amide bonds. The zero-order valence-corrected chi connectivity index (χ0v) is 9.82. The number of nitrogens with zero attached hydrogens (tertiary/aromatic N) is 4. The second-order valence-corrected chi connectivity index (χ2v) is 4.51. The Kier molecular flexibility index (Phi) is 2.00. The van der Waals surface area contributed by atoms with Crippen LogP contribution in [0, 0.1) is 6.92 Å². The summed E-state index contributed by atoms with van der Waals surface area (Å²) in [6, 6.07) is 0. The fourth-order valence-electron chi connectivity index (χ4n) is 1.74. The van der Waals surface area contributed by atoms with Crippen LogP contribution in [0.1, 0.15) is 5.69 Å². The van der Waals surface area contributed by atoms with Crippen LogP contribution in [-0.4, -0.2) is 19.7 Å². The van der Waals surface area contributed by atoms with Crippen molar-refractivity contribution in [3.8, 4) is 11.1 Å². The van der Waals surface area contributed by atoms with Gasteiger partial charge in [0.05, 0.1) is 22.6 Å². The molecule has 0 aliphatic rings. The van der Waals surface area contributed by atoms with Crippen molar-refractivity contribution in [2.24, 2.45) is 7.05 Å². The van der Waals surface area contributed by atoms with Gasteiger partial charge in [0.1, 0.15) is 5.52 Å². The fourth-order valence-corrected chi connectivity index (χ4v) is 2.53. The van der Waals surface area contributed by atoms with Crippen LogP contribution < -0.4 is 0 Å². The number of hydrogen-bond acceptors (Lipinski definition) is 4. The highest BCUT2D eigenvalue weighted by Gasteiger charge is 2.11. The molecule has 0 aliphatic carbocycles. The van der Waals surface area contributed by atoms with Crippen molar-refractivity contribution < 1.29 is 0 Å². The van der Waals surface area contributed by atoms with Crippen LogP contribution in [0.3, 0.4) is 0 Å². The second-order valence-electron chi connectivity index (χ2n) is 3.65. The van der Waals surface area contributed by atoms with Gasteiger partial charge in [0.15, 0.2) is 0 Å². The molecule has 3 rings (SSSR count). The van der Waals surface area contributed by atoms with Crippen LogP contribution in [0.2, 0.25) is 0 Å². The molecule has 0 saturated heterocycles. The van der Waals surface area contributed by atoms with Crippen LogP contribution in [0.25, 0.3) is 21.3 Å². The van der Waals surface area contributed by atoms with Gasteiger partial charge in [0.25, 0.3) is 0 Å². The molecule has 0 bridgehead atoms. The maximum atomic E-state index is 4.27. The molecule has 0 aromatic carbocycles. The van der Waals surface area contributed by atoms with E-state index < -0.39 is 0 Å². The SMILES string of the molecule is Cc1c(-c2cncc3ncsc23)cnn1C. The van der Waals surface area contributed by atoms with Crippen molar-refractivity contribution >= 4 is 21.6 Å². The lowest BCUT2D eigenvalue weighted by Crippen LogP contribution is -1.92. The molecule has 4 nitrogen and oxygen atoms in total. The maximum absolute atomic E-state index is 4.27. The van der Waals surface area contributed by atoms with E-state index in [1.165, 1.54) is 4.70 Å². The van der Waals surface area contributed by atoms with E-state index in [0.29, 0.717) is 0 Å². The molecule has 0 atom stereocenters. The first-order valence-corrected chi connectivity index (χ1v) is 5.81. The average molecular weight is 230 g/mol. The predicted molar refractivity (Wildman–Crippen MR) is 64.4 cm³/mol. The third-order valence-electron chi connectivity index (χ3n) is 2.77. The minimum absolute atomic E-state index is 0.950. The minimum Gasteiger partial charge on any atom is -0.272 e. The topological polar surface area (TPSA) is 43.6 Å². The van der Waals surface area contributed by atoms with E-state index >= 15 is 0 Å². The van der Waals surface area contributed by atoms with Gasteiger partial charge in [0, 0.05) is 30.1 Å². The predicted octanol–water partition coefficient (Wildman–Crippen LogP) is 2.40. The van der Waals surface area contributed by atoms with E-state index in [-0.39, 0.29) is 0 Å². The standard InChI is InChI=1S/C11H10N4S/c1-7-8(4-14-15(7)2)9-3-12-5-10-11(9)16-6-13-10/h3-6H,1-2H3. The van der Waals surface area contributed by atoms with E-state index in [2.05, 4.69) is 22.0 Å². The highest BCUT2D eigenvalue weighted by Crippen LogP contribution is 2.31. The molecule has 5 heteroatoms. The molecule has 0 fully saturated rings. The van der Waals surface area contributed by atoms with Gasteiger partial charge in [-0.25, -0.2) is 4.98 Å². The molecule has 0 radical (unpaired) electrons. The second kappa shape index (κ2) is 3.38. The van der Waals surface area contributed by atoms with E-state index in [4.69, 9.17) is 0 Å². The maximum Gasteiger partial charge on any atom is 0.100 e. The molecule has 3 aromatic rings. The molecule has 0 aliphatic heterocycles. The molecule has 16 heavy (non-hydrogen) atoms. The van der Waals surface area contributed by atoms with Crippen LogP contribution in [0.5, 0.6) is 0 Å². The smallest absolute Gasteiger partial charge is 0.100 e. The molecule has 0 N–H and O–H groups in total. The number of thiazole rings is 1. The monoisotopic (exact) mass is 230 g/mol. The highest BCUT2D eigenvalue weighted by molar-refractivity contribution is 7.17. The third-order valence-corrected chi connectivity index (χ3v) is 3.64. The van der Waals surface area contributed by atoms with Gasteiger partial charge in [0.2, 0.25) is 0 Å². The number of aromatic nitrogens is 4. The Morgan fingerprint density at radius 2 is 2.06 bits per heavy atom. The molecule has 3 heterocycles. The Morgan fingerprint density at radius 3 is 2.81 bits per heavy atom. The van der Waals surface area contributed by atoms with Crippen LogP contribution in [-0.2, 0) is 7.05 Å². The zero-order valence-electron chi connectivity index (χ0n) is 9.01. The van der Waals surface area contributed by atoms with Crippen molar-refractivity contribution in [2.75, 3.05) is 0 Å². The number of aryl methyl sites for hydroxylation is 1. The first-order valence-electron chi connectivity index (χ1n) is 4.93. The van der Waals surface area contributed by atoms with E-state index in [1.807, 2.05) is 29.6 Å². The van der Waals surface area contributed by atoms with Crippen molar-refractivity contribution in [1.82, 2.24) is 19.7 Å². The van der Waals surface area contributed by atoms with Crippen molar-refractivity contribution in [3.05, 3.63) is 29.8 Å². The quantitative estimate of drug-likeness (QED) is 0.644. The zero-order chi connectivity index (χ0) is 11.1. The molecule has 80 valence electrons. The number of hydrogen-bond donors (Lipinski definition) is 0. The van der Waals surface area contributed by atoms with Crippen LogP contribution in [0.15, 0.2) is 24.1 Å². The normalized spacial score (nSPS) is 11.1. The van der Waals surface area contributed by atoms with Crippen molar-refractivity contribution in [3.63, 3.8) is 0 Å². The summed E-state index contributed by atoms with van der Waals surface area (Å²) in [4.78, 5) is 8.49. The lowest BCUT2D eigenvalue weighted by atomic mass is 10.1. The Bertz CT molecular complexity index is 653. The summed E-state index contributed by atoms with van der Waals surface area (Å²) in [6.45, 7) is 2.06. The van der Waals surface area contributed by atoms with Gasteiger partial charge in [-0.1, -0.05) is 0 Å². The molecule has 3 aromatic heterocycles. The Balaban J connectivity index is 2.33. The van der Waals surface area contributed by atoms with Gasteiger partial charge < -0.3 is 0 Å². The van der Waals surface area contributed by atoms with Gasteiger partial charge >= 0.3 is 0 Å². The molecular weight excluding hydrogens is 220 g/mol. The number of pyridine rings is 1. The Morgan fingerprint density at radius 1 is 1.19 bits per heavy atom. The highest BCUT2D eigenvalue weighted by atomic mass is 32.1. The van der Waals surface area contributed by atoms with Gasteiger partial charge in [-0.05, 0) is 6.92 Å². The summed E-state index contributed by atoms with van der Waals surface area (Å²) in [5.74, 6) is 0. The largest absolute Gasteiger partial charge is 0.272 e. The first kappa shape index (κ1) is 9.47. The third kappa shape index (κ3) is 1.25. The van der Waals surface area contributed by atoms with Crippen LogP contribution >= 0.6 is 11.3 Å². The van der Waals surface area contributed by atoms with Crippen LogP contribution in [0.4, 0.5) is 0 Å². The van der Waals surface area contributed by atoms with E-state index in [1.54, 1.807) is 17.5 Å². The molecule has 0 saturated carbocycles. The summed E-state index contributed by atoms with van der Waals surface area (Å²) in [6.07, 6.45) is 5.55. The number of rotatable bonds is 1. The summed E-state index contributed by atoms with van der Waals surface area (Å²) in [7, 11) is 1.94. The summed E-state index contributed by atoms with van der Waals surface area (Å²) >= 11 is 1.64. The lowest BCUT2D eigenvalue weighted by Gasteiger charge is -2.01. The molecular formula is C11H10N4S. The summed E-state index contributed by atoms with van der Waals surface area (Å²) in [5.41, 5.74) is 6.19. The Hall–Kier alpha value is -1.75. The van der Waals surface area contributed by atoms with E-state index in [0.717, 1.165) is 22.3 Å². The lowest BCUT2D eigenvalue weighted by molar-refractivity contribution is 0.740. The van der Waals surface area contributed by atoms with Gasteiger partial charge in [-0.3, -0.25) is 9.67 Å². The van der Waals surface area contributed by atoms with E-state index in [9.17, 15) is 0 Å². The first-order chi connectivity index (χ1) is 7.77. The summed E-state index contributed by atoms with van der Waals surface area (Å²) < 4.78 is 3.04. The number of fused-ring (bicyclic) bond motifs is 1. The molecule has 0 unspecified atom stereocenters. The average Bonchev–Trinajstić information content (AvgIpc) is 2.87. The van der Waals surface area contributed by atoms with Crippen molar-refractivity contribution in [2.45, 2.75) is 6.92 Å². The minimum atomic E-state index is 0.950. The van der Waals surface area contributed by atoms with Gasteiger partial charge in [-0.2, -0.15) is 5.10 Å². The Labute approximate surface area is 96.6 Å². The molecule has 0 spiro atoms. The summed E-state index contributed by atoms with van der Waals surface area (Å²) in [5, 5.41) is 4.26. The fraction of sp³-hybridized carbons (Fsp3) is 0.182. The van der Waals surface area contributed by atoms with Crippen molar-refractivity contribution in [1.29, 1.82) is 0 Å².